The molecule has 1 aliphatic rings. The fraction of sp³-hybridized carbons (Fsp3) is 0.100. The standard InChI is InChI=1S/C20H15BrClIN2O3/c1-2-7-25-19(26)17(24-20(25)27)10-13-8-15(21)18(16(22)9-13)28-11-12-3-5-14(23)6-4-12/h2-6,8-10H,1,7,11H2,(H,24,27)/b17-10+. The van der Waals surface area contributed by atoms with Crippen LogP contribution in [0.1, 0.15) is 11.1 Å². The van der Waals surface area contributed by atoms with Gasteiger partial charge in [0.05, 0.1) is 9.50 Å². The number of carbonyl (C=O) groups is 2. The molecule has 2 aromatic carbocycles. The molecule has 8 heteroatoms. The lowest BCUT2D eigenvalue weighted by Gasteiger charge is -2.11. The van der Waals surface area contributed by atoms with Crippen LogP contribution in [0.4, 0.5) is 4.79 Å². The second-order valence-corrected chi connectivity index (χ2v) is 8.43. The Balaban J connectivity index is 1.78. The molecule has 0 aromatic heterocycles. The van der Waals surface area contributed by atoms with E-state index in [-0.39, 0.29) is 12.2 Å². The molecule has 1 saturated heterocycles. The molecule has 1 heterocycles. The number of hydrogen-bond donors (Lipinski definition) is 1. The first-order chi connectivity index (χ1) is 13.4. The first-order valence-corrected chi connectivity index (χ1v) is 10.5. The quantitative estimate of drug-likeness (QED) is 0.219. The summed E-state index contributed by atoms with van der Waals surface area (Å²) in [5.74, 6) is 0.105. The molecule has 0 aliphatic carbocycles. The van der Waals surface area contributed by atoms with Crippen molar-refractivity contribution >= 4 is 68.1 Å². The van der Waals surface area contributed by atoms with E-state index in [1.165, 1.54) is 6.08 Å². The minimum Gasteiger partial charge on any atom is -0.486 e. The van der Waals surface area contributed by atoms with Gasteiger partial charge >= 0.3 is 6.03 Å². The summed E-state index contributed by atoms with van der Waals surface area (Å²) in [6.45, 7) is 4.07. The van der Waals surface area contributed by atoms with Crippen molar-refractivity contribution in [2.24, 2.45) is 0 Å². The molecule has 144 valence electrons. The summed E-state index contributed by atoms with van der Waals surface area (Å²) < 4.78 is 7.65. The van der Waals surface area contributed by atoms with E-state index < -0.39 is 11.9 Å². The molecule has 3 rings (SSSR count). The Morgan fingerprint density at radius 3 is 2.61 bits per heavy atom. The number of hydrogen-bond acceptors (Lipinski definition) is 3. The number of urea groups is 1. The zero-order valence-corrected chi connectivity index (χ0v) is 19.0. The lowest BCUT2D eigenvalue weighted by molar-refractivity contribution is -0.122. The zero-order chi connectivity index (χ0) is 20.3. The van der Waals surface area contributed by atoms with Gasteiger partial charge in [-0.25, -0.2) is 4.79 Å². The Morgan fingerprint density at radius 2 is 1.96 bits per heavy atom. The minimum atomic E-state index is -0.473. The Bertz CT molecular complexity index is 953. The lowest BCUT2D eigenvalue weighted by Crippen LogP contribution is -2.30. The number of ether oxygens (including phenoxy) is 1. The topological polar surface area (TPSA) is 58.6 Å². The molecule has 1 aliphatic heterocycles. The van der Waals surface area contributed by atoms with Crippen molar-refractivity contribution < 1.29 is 14.3 Å². The van der Waals surface area contributed by atoms with Crippen LogP contribution in [-0.2, 0) is 11.4 Å². The van der Waals surface area contributed by atoms with Crippen LogP contribution in [0.15, 0.2) is 59.2 Å². The summed E-state index contributed by atoms with van der Waals surface area (Å²) >= 11 is 12.1. The zero-order valence-electron chi connectivity index (χ0n) is 14.5. The fourth-order valence-corrected chi connectivity index (χ4v) is 3.92. The van der Waals surface area contributed by atoms with Gasteiger partial charge in [0.2, 0.25) is 0 Å². The van der Waals surface area contributed by atoms with Crippen molar-refractivity contribution in [2.75, 3.05) is 6.54 Å². The molecule has 2 aromatic rings. The van der Waals surface area contributed by atoms with E-state index >= 15 is 0 Å². The summed E-state index contributed by atoms with van der Waals surface area (Å²) in [5, 5.41) is 2.95. The van der Waals surface area contributed by atoms with Crippen LogP contribution >= 0.6 is 50.1 Å². The van der Waals surface area contributed by atoms with Crippen LogP contribution in [0, 0.1) is 3.57 Å². The van der Waals surface area contributed by atoms with Crippen LogP contribution in [0.25, 0.3) is 6.08 Å². The van der Waals surface area contributed by atoms with Crippen molar-refractivity contribution in [3.63, 3.8) is 0 Å². The van der Waals surface area contributed by atoms with Crippen molar-refractivity contribution in [1.82, 2.24) is 10.2 Å². The summed E-state index contributed by atoms with van der Waals surface area (Å²) in [6.07, 6.45) is 3.07. The van der Waals surface area contributed by atoms with E-state index in [1.807, 2.05) is 24.3 Å². The van der Waals surface area contributed by atoms with E-state index in [2.05, 4.69) is 50.4 Å². The first kappa shape index (κ1) is 20.9. The van der Waals surface area contributed by atoms with E-state index in [0.717, 1.165) is 14.0 Å². The van der Waals surface area contributed by atoms with Gasteiger partial charge < -0.3 is 10.1 Å². The number of halogens is 3. The summed E-state index contributed by atoms with van der Waals surface area (Å²) in [5.41, 5.74) is 1.86. The molecule has 5 nitrogen and oxygen atoms in total. The van der Waals surface area contributed by atoms with Gasteiger partial charge in [-0.05, 0) is 80.0 Å². The summed E-state index contributed by atoms with van der Waals surface area (Å²) in [4.78, 5) is 25.2. The predicted molar refractivity (Wildman–Crippen MR) is 121 cm³/mol. The largest absolute Gasteiger partial charge is 0.486 e. The third kappa shape index (κ3) is 4.76. The molecule has 0 bridgehead atoms. The summed E-state index contributed by atoms with van der Waals surface area (Å²) in [6, 6.07) is 11.0. The van der Waals surface area contributed by atoms with E-state index in [9.17, 15) is 9.59 Å². The molecular weight excluding hydrogens is 558 g/mol. The van der Waals surface area contributed by atoms with Gasteiger partial charge in [0.25, 0.3) is 5.91 Å². The second-order valence-electron chi connectivity index (χ2n) is 5.92. The Kier molecular flexibility index (Phi) is 6.79. The van der Waals surface area contributed by atoms with Crippen LogP contribution < -0.4 is 10.1 Å². The van der Waals surface area contributed by atoms with E-state index in [0.29, 0.717) is 27.4 Å². The van der Waals surface area contributed by atoms with E-state index in [4.69, 9.17) is 16.3 Å². The van der Waals surface area contributed by atoms with Crippen LogP contribution in [-0.4, -0.2) is 23.4 Å². The SMILES string of the molecule is C=CCN1C(=O)N/C(=C/c2cc(Cl)c(OCc3ccc(I)cc3)c(Br)c2)C1=O. The maximum Gasteiger partial charge on any atom is 0.329 e. The molecule has 1 N–H and O–H groups in total. The molecule has 0 saturated carbocycles. The maximum atomic E-state index is 12.3. The highest BCUT2D eigenvalue weighted by Crippen LogP contribution is 2.36. The van der Waals surface area contributed by atoms with Gasteiger partial charge in [-0.3, -0.25) is 9.69 Å². The van der Waals surface area contributed by atoms with Gasteiger partial charge in [-0.1, -0.05) is 29.8 Å². The van der Waals surface area contributed by atoms with Gasteiger partial charge in [0.15, 0.2) is 5.75 Å². The number of rotatable bonds is 6. The Hall–Kier alpha value is -1.84. The van der Waals surface area contributed by atoms with E-state index in [1.54, 1.807) is 18.2 Å². The summed E-state index contributed by atoms with van der Waals surface area (Å²) in [7, 11) is 0. The van der Waals surface area contributed by atoms with Crippen LogP contribution in [0.5, 0.6) is 5.75 Å². The third-order valence-electron chi connectivity index (χ3n) is 3.90. The maximum absolute atomic E-state index is 12.3. The number of nitrogens with zero attached hydrogens (tertiary/aromatic N) is 1. The van der Waals surface area contributed by atoms with Gasteiger partial charge in [0.1, 0.15) is 12.3 Å². The molecule has 3 amide bonds. The number of benzene rings is 2. The Morgan fingerprint density at radius 1 is 1.25 bits per heavy atom. The molecule has 28 heavy (non-hydrogen) atoms. The van der Waals surface area contributed by atoms with Crippen LogP contribution in [0.2, 0.25) is 5.02 Å². The van der Waals surface area contributed by atoms with Crippen molar-refractivity contribution in [2.45, 2.75) is 6.61 Å². The number of nitrogens with one attached hydrogen (secondary N) is 1. The number of carbonyl (C=O) groups excluding carboxylic acids is 2. The van der Waals surface area contributed by atoms with Gasteiger partial charge in [-0.2, -0.15) is 0 Å². The third-order valence-corrected chi connectivity index (χ3v) is 5.49. The lowest BCUT2D eigenvalue weighted by atomic mass is 10.1. The molecule has 0 radical (unpaired) electrons. The fourth-order valence-electron chi connectivity index (χ4n) is 2.57. The van der Waals surface area contributed by atoms with Crippen molar-refractivity contribution in [3.05, 3.63) is 78.9 Å². The normalized spacial score (nSPS) is 15.1. The molecule has 0 spiro atoms. The minimum absolute atomic E-state index is 0.151. The highest BCUT2D eigenvalue weighted by atomic mass is 127. The number of amides is 3. The second kappa shape index (κ2) is 9.11. The molecule has 0 unspecified atom stereocenters. The highest BCUT2D eigenvalue weighted by Gasteiger charge is 2.32. The van der Waals surface area contributed by atoms with Gasteiger partial charge in [0, 0.05) is 10.1 Å². The number of imide groups is 1. The van der Waals surface area contributed by atoms with Crippen molar-refractivity contribution in [3.8, 4) is 5.75 Å². The van der Waals surface area contributed by atoms with Gasteiger partial charge in [-0.15, -0.1) is 6.58 Å². The first-order valence-electron chi connectivity index (χ1n) is 8.20. The Labute approximate surface area is 189 Å². The highest BCUT2D eigenvalue weighted by molar-refractivity contribution is 14.1. The van der Waals surface area contributed by atoms with Crippen LogP contribution in [0.3, 0.4) is 0 Å². The van der Waals surface area contributed by atoms with Crippen molar-refractivity contribution in [1.29, 1.82) is 0 Å². The monoisotopic (exact) mass is 572 g/mol. The smallest absolute Gasteiger partial charge is 0.329 e. The molecule has 0 atom stereocenters. The molecule has 1 fully saturated rings. The average molecular weight is 574 g/mol. The molecular formula is C20H15BrClIN2O3. The average Bonchev–Trinajstić information content (AvgIpc) is 2.90. The predicted octanol–water partition coefficient (Wildman–Crippen LogP) is 5.36.